The quantitative estimate of drug-likeness (QED) is 0.765. The standard InChI is InChI=1S/C12H11ClN2/c1-12(2,9(7-14)8-15)10-5-3-4-6-11(10)13/h3-6,9H,1-2H3. The minimum atomic E-state index is -0.697. The van der Waals surface area contributed by atoms with E-state index in [1.54, 1.807) is 6.07 Å². The Hall–Kier alpha value is -1.51. The lowest BCUT2D eigenvalue weighted by Crippen LogP contribution is -2.26. The van der Waals surface area contributed by atoms with Gasteiger partial charge >= 0.3 is 0 Å². The first-order valence-corrected chi connectivity index (χ1v) is 4.96. The molecule has 0 atom stereocenters. The molecule has 0 unspecified atom stereocenters. The van der Waals surface area contributed by atoms with Gasteiger partial charge in [0.15, 0.2) is 0 Å². The summed E-state index contributed by atoms with van der Waals surface area (Å²) in [7, 11) is 0. The second-order valence-corrected chi connectivity index (χ2v) is 4.30. The van der Waals surface area contributed by atoms with E-state index in [2.05, 4.69) is 0 Å². The Kier molecular flexibility index (Phi) is 3.35. The van der Waals surface area contributed by atoms with Crippen LogP contribution < -0.4 is 0 Å². The van der Waals surface area contributed by atoms with Gasteiger partial charge in [-0.15, -0.1) is 0 Å². The van der Waals surface area contributed by atoms with Gasteiger partial charge in [0.1, 0.15) is 5.92 Å². The summed E-state index contributed by atoms with van der Waals surface area (Å²) in [5.41, 5.74) is 0.279. The first kappa shape index (κ1) is 11.6. The van der Waals surface area contributed by atoms with E-state index in [1.807, 2.05) is 44.2 Å². The highest BCUT2D eigenvalue weighted by molar-refractivity contribution is 6.31. The molecule has 1 aromatic carbocycles. The second kappa shape index (κ2) is 4.34. The molecule has 0 fully saturated rings. The SMILES string of the molecule is CC(C)(c1ccccc1Cl)C(C#N)C#N. The van der Waals surface area contributed by atoms with Gasteiger partial charge in [-0.3, -0.25) is 0 Å². The molecule has 0 N–H and O–H groups in total. The number of benzene rings is 1. The molecule has 0 aliphatic carbocycles. The zero-order chi connectivity index (χ0) is 11.5. The van der Waals surface area contributed by atoms with Crippen molar-refractivity contribution in [3.63, 3.8) is 0 Å². The molecule has 0 amide bonds. The summed E-state index contributed by atoms with van der Waals surface area (Å²) in [5.74, 6) is -0.697. The zero-order valence-electron chi connectivity index (χ0n) is 8.66. The molecule has 0 spiro atoms. The van der Waals surface area contributed by atoms with Crippen molar-refractivity contribution >= 4 is 11.6 Å². The Balaban J connectivity index is 3.24. The number of nitrogens with zero attached hydrogens (tertiary/aromatic N) is 2. The van der Waals surface area contributed by atoms with Crippen LogP contribution in [0.1, 0.15) is 19.4 Å². The van der Waals surface area contributed by atoms with Gasteiger partial charge in [-0.05, 0) is 11.6 Å². The van der Waals surface area contributed by atoms with E-state index in [-0.39, 0.29) is 0 Å². The Morgan fingerprint density at radius 1 is 1.20 bits per heavy atom. The van der Waals surface area contributed by atoms with Crippen LogP contribution in [-0.2, 0) is 5.41 Å². The highest BCUT2D eigenvalue weighted by Gasteiger charge is 2.33. The maximum atomic E-state index is 8.90. The third kappa shape index (κ3) is 2.12. The van der Waals surface area contributed by atoms with E-state index in [0.29, 0.717) is 5.02 Å². The molecule has 15 heavy (non-hydrogen) atoms. The highest BCUT2D eigenvalue weighted by atomic mass is 35.5. The van der Waals surface area contributed by atoms with E-state index in [0.717, 1.165) is 5.56 Å². The number of halogens is 1. The lowest BCUT2D eigenvalue weighted by atomic mass is 9.75. The highest BCUT2D eigenvalue weighted by Crippen LogP contribution is 2.35. The average Bonchev–Trinajstić information content (AvgIpc) is 2.19. The Labute approximate surface area is 94.7 Å². The molecule has 1 rings (SSSR count). The lowest BCUT2D eigenvalue weighted by Gasteiger charge is -2.26. The van der Waals surface area contributed by atoms with E-state index in [1.165, 1.54) is 0 Å². The number of hydrogen-bond acceptors (Lipinski definition) is 2. The fourth-order valence-electron chi connectivity index (χ4n) is 1.49. The summed E-state index contributed by atoms with van der Waals surface area (Å²) in [6.45, 7) is 3.70. The van der Waals surface area contributed by atoms with Crippen LogP contribution in [0.25, 0.3) is 0 Å². The monoisotopic (exact) mass is 218 g/mol. The summed E-state index contributed by atoms with van der Waals surface area (Å²) >= 11 is 6.05. The Bertz CT molecular complexity index is 424. The van der Waals surface area contributed by atoms with Crippen LogP contribution in [-0.4, -0.2) is 0 Å². The van der Waals surface area contributed by atoms with Crippen molar-refractivity contribution in [3.8, 4) is 12.1 Å². The normalized spacial score (nSPS) is 10.8. The van der Waals surface area contributed by atoms with Gasteiger partial charge < -0.3 is 0 Å². The first-order valence-electron chi connectivity index (χ1n) is 4.58. The molecule has 1 aromatic rings. The van der Waals surface area contributed by atoms with Crippen LogP contribution in [0, 0.1) is 28.6 Å². The minimum absolute atomic E-state index is 0.554. The van der Waals surface area contributed by atoms with Crippen LogP contribution in [0.4, 0.5) is 0 Å². The molecule has 0 aliphatic rings. The summed E-state index contributed by atoms with van der Waals surface area (Å²) in [6.07, 6.45) is 0. The Morgan fingerprint density at radius 2 is 1.73 bits per heavy atom. The van der Waals surface area contributed by atoms with Crippen LogP contribution >= 0.6 is 11.6 Å². The molecule has 0 heterocycles. The van der Waals surface area contributed by atoms with Crippen LogP contribution in [0.15, 0.2) is 24.3 Å². The van der Waals surface area contributed by atoms with Gasteiger partial charge in [0.2, 0.25) is 0 Å². The maximum absolute atomic E-state index is 8.90. The van der Waals surface area contributed by atoms with Crippen molar-refractivity contribution in [1.82, 2.24) is 0 Å². The van der Waals surface area contributed by atoms with E-state index >= 15 is 0 Å². The molecule has 3 heteroatoms. The second-order valence-electron chi connectivity index (χ2n) is 3.89. The number of nitriles is 2. The summed E-state index contributed by atoms with van der Waals surface area (Å²) in [6, 6.07) is 11.3. The predicted octanol–water partition coefficient (Wildman–Crippen LogP) is 3.28. The Morgan fingerprint density at radius 3 is 2.20 bits per heavy atom. The third-order valence-corrected chi connectivity index (χ3v) is 2.88. The van der Waals surface area contributed by atoms with E-state index in [4.69, 9.17) is 22.1 Å². The van der Waals surface area contributed by atoms with Crippen molar-refractivity contribution in [1.29, 1.82) is 10.5 Å². The smallest absolute Gasteiger partial charge is 0.142 e. The largest absolute Gasteiger partial charge is 0.197 e. The minimum Gasteiger partial charge on any atom is -0.197 e. The van der Waals surface area contributed by atoms with Crippen molar-refractivity contribution in [3.05, 3.63) is 34.9 Å². The van der Waals surface area contributed by atoms with E-state index < -0.39 is 11.3 Å². The molecule has 0 radical (unpaired) electrons. The molecular formula is C12H11ClN2. The summed E-state index contributed by atoms with van der Waals surface area (Å²) in [5, 5.41) is 18.4. The predicted molar refractivity (Wildman–Crippen MR) is 59.2 cm³/mol. The van der Waals surface area contributed by atoms with Crippen molar-refractivity contribution in [2.75, 3.05) is 0 Å². The number of hydrogen-bond donors (Lipinski definition) is 0. The fourth-order valence-corrected chi connectivity index (χ4v) is 1.87. The molecule has 2 nitrogen and oxygen atoms in total. The van der Waals surface area contributed by atoms with Crippen LogP contribution in [0.5, 0.6) is 0 Å². The van der Waals surface area contributed by atoms with Crippen molar-refractivity contribution < 1.29 is 0 Å². The van der Waals surface area contributed by atoms with E-state index in [9.17, 15) is 0 Å². The summed E-state index contributed by atoms with van der Waals surface area (Å²) in [4.78, 5) is 0. The van der Waals surface area contributed by atoms with Crippen molar-refractivity contribution in [2.24, 2.45) is 5.92 Å². The van der Waals surface area contributed by atoms with Gasteiger partial charge in [-0.2, -0.15) is 10.5 Å². The molecular weight excluding hydrogens is 208 g/mol. The topological polar surface area (TPSA) is 47.6 Å². The molecule has 0 saturated carbocycles. The fraction of sp³-hybridized carbons (Fsp3) is 0.333. The van der Waals surface area contributed by atoms with Crippen LogP contribution in [0.2, 0.25) is 5.02 Å². The molecule has 0 saturated heterocycles. The van der Waals surface area contributed by atoms with Crippen LogP contribution in [0.3, 0.4) is 0 Å². The van der Waals surface area contributed by atoms with Crippen molar-refractivity contribution in [2.45, 2.75) is 19.3 Å². The molecule has 0 aliphatic heterocycles. The molecule has 0 aromatic heterocycles. The average molecular weight is 219 g/mol. The van der Waals surface area contributed by atoms with Gasteiger partial charge in [-0.25, -0.2) is 0 Å². The third-order valence-electron chi connectivity index (χ3n) is 2.55. The first-order chi connectivity index (χ1) is 7.04. The summed E-state index contributed by atoms with van der Waals surface area (Å²) < 4.78 is 0. The van der Waals surface area contributed by atoms with Gasteiger partial charge in [-0.1, -0.05) is 43.6 Å². The molecule has 76 valence electrons. The van der Waals surface area contributed by atoms with Gasteiger partial charge in [0.05, 0.1) is 12.1 Å². The maximum Gasteiger partial charge on any atom is 0.142 e. The van der Waals surface area contributed by atoms with Gasteiger partial charge in [0.25, 0.3) is 0 Å². The lowest BCUT2D eigenvalue weighted by molar-refractivity contribution is 0.461. The zero-order valence-corrected chi connectivity index (χ0v) is 9.42. The van der Waals surface area contributed by atoms with Gasteiger partial charge in [0, 0.05) is 10.4 Å². The molecule has 0 bridgehead atoms. The number of rotatable bonds is 2.